The number of halogens is 1. The maximum absolute atomic E-state index is 10.8. The fraction of sp³-hybridized carbons (Fsp3) is 0.875. The number of methoxy groups -OCH3 is 1. The van der Waals surface area contributed by atoms with Gasteiger partial charge in [-0.25, -0.2) is 0 Å². The summed E-state index contributed by atoms with van der Waals surface area (Å²) in [5, 5.41) is 0. The van der Waals surface area contributed by atoms with E-state index in [1.54, 1.807) is 0 Å². The van der Waals surface area contributed by atoms with Gasteiger partial charge in [0, 0.05) is 12.5 Å². The van der Waals surface area contributed by atoms with Gasteiger partial charge >= 0.3 is 5.97 Å². The van der Waals surface area contributed by atoms with Gasteiger partial charge in [0.25, 0.3) is 0 Å². The Balaban J connectivity index is 0.00000121. The Hall–Kier alpha value is -0.280. The van der Waals surface area contributed by atoms with Crippen molar-refractivity contribution in [3.05, 3.63) is 0 Å². The van der Waals surface area contributed by atoms with Crippen molar-refractivity contribution >= 4 is 18.4 Å². The molecule has 12 heavy (non-hydrogen) atoms. The van der Waals surface area contributed by atoms with Crippen LogP contribution < -0.4 is 5.73 Å². The molecule has 0 spiro atoms. The summed E-state index contributed by atoms with van der Waals surface area (Å²) in [5.74, 6) is 0.363. The summed E-state index contributed by atoms with van der Waals surface area (Å²) in [6.07, 6.45) is 3.66. The van der Waals surface area contributed by atoms with Crippen molar-refractivity contribution in [2.24, 2.45) is 11.7 Å². The van der Waals surface area contributed by atoms with Gasteiger partial charge in [0.05, 0.1) is 7.11 Å². The van der Waals surface area contributed by atoms with Crippen LogP contribution in [0.2, 0.25) is 0 Å². The Kier molecular flexibility index (Phi) is 5.25. The lowest BCUT2D eigenvalue weighted by molar-refractivity contribution is -0.141. The van der Waals surface area contributed by atoms with E-state index in [-0.39, 0.29) is 18.4 Å². The van der Waals surface area contributed by atoms with Gasteiger partial charge in [-0.05, 0) is 25.2 Å². The molecule has 1 saturated carbocycles. The quantitative estimate of drug-likeness (QED) is 0.669. The van der Waals surface area contributed by atoms with E-state index in [9.17, 15) is 4.79 Å². The van der Waals surface area contributed by atoms with Crippen LogP contribution in [0.3, 0.4) is 0 Å². The van der Waals surface area contributed by atoms with Crippen molar-refractivity contribution in [1.29, 1.82) is 0 Å². The molecule has 2 atom stereocenters. The normalized spacial score (nSPS) is 27.8. The molecule has 0 aliphatic heterocycles. The third-order valence-electron chi connectivity index (χ3n) is 2.26. The molecule has 2 unspecified atom stereocenters. The predicted octanol–water partition coefficient (Wildman–Crippen LogP) is 1.10. The van der Waals surface area contributed by atoms with Crippen LogP contribution in [-0.4, -0.2) is 19.1 Å². The molecule has 1 aliphatic rings. The van der Waals surface area contributed by atoms with E-state index in [1.807, 2.05) is 0 Å². The van der Waals surface area contributed by atoms with Crippen molar-refractivity contribution in [2.45, 2.75) is 31.7 Å². The third kappa shape index (κ3) is 3.41. The number of carbonyl (C=O) groups is 1. The van der Waals surface area contributed by atoms with Crippen LogP contribution in [0.4, 0.5) is 0 Å². The molecule has 0 aromatic rings. The number of hydrogen-bond acceptors (Lipinski definition) is 3. The van der Waals surface area contributed by atoms with Gasteiger partial charge in [0.2, 0.25) is 0 Å². The summed E-state index contributed by atoms with van der Waals surface area (Å²) < 4.78 is 4.57. The standard InChI is InChI=1S/C8H15NO2.ClH/c1-11-8(10)5-6-2-3-7(9)4-6;/h6-7H,2-5,9H2,1H3;1H. The predicted molar refractivity (Wildman–Crippen MR) is 49.2 cm³/mol. The highest BCUT2D eigenvalue weighted by Gasteiger charge is 2.23. The Bertz CT molecular complexity index is 152. The Morgan fingerprint density at radius 3 is 2.67 bits per heavy atom. The highest BCUT2D eigenvalue weighted by atomic mass is 35.5. The fourth-order valence-corrected chi connectivity index (χ4v) is 1.62. The summed E-state index contributed by atoms with van der Waals surface area (Å²) in [6, 6.07) is 0.310. The zero-order valence-electron chi connectivity index (χ0n) is 7.29. The first-order valence-electron chi connectivity index (χ1n) is 4.04. The zero-order chi connectivity index (χ0) is 8.27. The first-order valence-corrected chi connectivity index (χ1v) is 4.04. The average molecular weight is 194 g/mol. The Labute approximate surface area is 79.1 Å². The van der Waals surface area contributed by atoms with Crippen molar-refractivity contribution in [3.63, 3.8) is 0 Å². The van der Waals surface area contributed by atoms with E-state index in [0.29, 0.717) is 18.4 Å². The zero-order valence-corrected chi connectivity index (χ0v) is 8.10. The molecular formula is C8H16ClNO2. The first-order chi connectivity index (χ1) is 5.22. The monoisotopic (exact) mass is 193 g/mol. The van der Waals surface area contributed by atoms with Crippen molar-refractivity contribution in [1.82, 2.24) is 0 Å². The molecule has 1 fully saturated rings. The molecule has 0 heterocycles. The van der Waals surface area contributed by atoms with Crippen LogP contribution in [0.25, 0.3) is 0 Å². The van der Waals surface area contributed by atoms with Crippen LogP contribution >= 0.6 is 12.4 Å². The maximum Gasteiger partial charge on any atom is 0.305 e. The number of carbonyl (C=O) groups excluding carboxylic acids is 1. The largest absolute Gasteiger partial charge is 0.469 e. The lowest BCUT2D eigenvalue weighted by Crippen LogP contribution is -2.15. The van der Waals surface area contributed by atoms with Crippen LogP contribution in [0.5, 0.6) is 0 Å². The molecule has 4 heteroatoms. The van der Waals surface area contributed by atoms with Crippen LogP contribution in [0.1, 0.15) is 25.7 Å². The van der Waals surface area contributed by atoms with E-state index in [4.69, 9.17) is 5.73 Å². The Morgan fingerprint density at radius 2 is 2.25 bits per heavy atom. The van der Waals surface area contributed by atoms with Crippen LogP contribution in [0, 0.1) is 5.92 Å². The number of esters is 1. The van der Waals surface area contributed by atoms with Gasteiger partial charge in [0.1, 0.15) is 0 Å². The molecule has 2 N–H and O–H groups in total. The van der Waals surface area contributed by atoms with E-state index >= 15 is 0 Å². The van der Waals surface area contributed by atoms with E-state index < -0.39 is 0 Å². The number of rotatable bonds is 2. The van der Waals surface area contributed by atoms with E-state index in [2.05, 4.69) is 4.74 Å². The highest BCUT2D eigenvalue weighted by Crippen LogP contribution is 2.26. The van der Waals surface area contributed by atoms with Gasteiger partial charge in [-0.2, -0.15) is 0 Å². The molecule has 72 valence electrons. The summed E-state index contributed by atoms with van der Waals surface area (Å²) in [7, 11) is 1.43. The average Bonchev–Trinajstić information content (AvgIpc) is 2.35. The number of nitrogens with two attached hydrogens (primary N) is 1. The smallest absolute Gasteiger partial charge is 0.305 e. The van der Waals surface area contributed by atoms with Crippen LogP contribution in [0.15, 0.2) is 0 Å². The number of hydrogen-bond donors (Lipinski definition) is 1. The van der Waals surface area contributed by atoms with E-state index in [1.165, 1.54) is 7.11 Å². The molecule has 0 aromatic carbocycles. The fourth-order valence-electron chi connectivity index (χ4n) is 1.62. The first kappa shape index (κ1) is 11.7. The second kappa shape index (κ2) is 5.38. The molecule has 1 rings (SSSR count). The Morgan fingerprint density at radius 1 is 1.58 bits per heavy atom. The summed E-state index contributed by atoms with van der Waals surface area (Å²) in [6.45, 7) is 0. The second-order valence-corrected chi connectivity index (χ2v) is 3.22. The highest BCUT2D eigenvalue weighted by molar-refractivity contribution is 5.85. The van der Waals surface area contributed by atoms with Gasteiger partial charge < -0.3 is 10.5 Å². The molecule has 3 nitrogen and oxygen atoms in total. The topological polar surface area (TPSA) is 52.3 Å². The van der Waals surface area contributed by atoms with Crippen molar-refractivity contribution in [2.75, 3.05) is 7.11 Å². The van der Waals surface area contributed by atoms with Crippen molar-refractivity contribution < 1.29 is 9.53 Å². The van der Waals surface area contributed by atoms with Crippen LogP contribution in [-0.2, 0) is 9.53 Å². The van der Waals surface area contributed by atoms with Crippen molar-refractivity contribution in [3.8, 4) is 0 Å². The molecule has 0 aromatic heterocycles. The molecule has 0 saturated heterocycles. The molecule has 0 radical (unpaired) electrons. The minimum absolute atomic E-state index is 0. The lowest BCUT2D eigenvalue weighted by atomic mass is 10.0. The molecular weight excluding hydrogens is 178 g/mol. The minimum atomic E-state index is -0.107. The van der Waals surface area contributed by atoms with E-state index in [0.717, 1.165) is 19.3 Å². The summed E-state index contributed by atoms with van der Waals surface area (Å²) >= 11 is 0. The number of ether oxygens (including phenoxy) is 1. The van der Waals surface area contributed by atoms with Gasteiger partial charge in [-0.3, -0.25) is 4.79 Å². The molecule has 1 aliphatic carbocycles. The third-order valence-corrected chi connectivity index (χ3v) is 2.26. The molecule has 0 bridgehead atoms. The molecule has 0 amide bonds. The summed E-state index contributed by atoms with van der Waals surface area (Å²) in [4.78, 5) is 10.8. The van der Waals surface area contributed by atoms with Gasteiger partial charge in [-0.15, -0.1) is 12.4 Å². The van der Waals surface area contributed by atoms with Gasteiger partial charge in [-0.1, -0.05) is 0 Å². The second-order valence-electron chi connectivity index (χ2n) is 3.22. The minimum Gasteiger partial charge on any atom is -0.469 e. The maximum atomic E-state index is 10.8. The summed E-state index contributed by atoms with van der Waals surface area (Å²) in [5.41, 5.74) is 5.69. The SMILES string of the molecule is COC(=O)CC1CCC(N)C1.Cl. The lowest BCUT2D eigenvalue weighted by Gasteiger charge is -2.06. The van der Waals surface area contributed by atoms with Gasteiger partial charge in [0.15, 0.2) is 0 Å².